The van der Waals surface area contributed by atoms with Gasteiger partial charge in [0.05, 0.1) is 0 Å². The number of halogens is 3. The van der Waals surface area contributed by atoms with Gasteiger partial charge in [0.25, 0.3) is 0 Å². The predicted molar refractivity (Wildman–Crippen MR) is 19.4 cm³/mol. The Morgan fingerprint density at radius 2 is 1.50 bits per heavy atom. The Hall–Kier alpha value is 0.741. The first kappa shape index (κ1) is 11.5. The summed E-state index contributed by atoms with van der Waals surface area (Å²) < 4.78 is 31.7. The molecule has 1 N–H and O–H groups in total. The summed E-state index contributed by atoms with van der Waals surface area (Å²) in [7, 11) is 0. The molecule has 2 radical (unpaired) electrons. The van der Waals surface area contributed by atoms with Crippen molar-refractivity contribution in [1.29, 1.82) is 0 Å². The zero-order valence-electron chi connectivity index (χ0n) is 3.70. The monoisotopic (exact) mass is 202 g/mol. The molecule has 0 saturated carbocycles. The van der Waals surface area contributed by atoms with Gasteiger partial charge in [-0.2, -0.15) is 13.2 Å². The van der Waals surface area contributed by atoms with E-state index < -0.39 is 12.1 Å². The second-order valence-corrected chi connectivity index (χ2v) is 0.803. The van der Waals surface area contributed by atoms with Crippen LogP contribution in [0.25, 0.3) is 0 Å². The van der Waals surface area contributed by atoms with Crippen LogP contribution in [0.15, 0.2) is 0 Å². The Balaban J connectivity index is 0. The molecule has 0 spiro atoms. The molecule has 0 atom stereocenters. The van der Waals surface area contributed by atoms with Crippen LogP contribution in [0.5, 0.6) is 0 Å². The molecular weight excluding hydrogens is 201 g/mol. The Kier molecular flexibility index (Phi) is 5.34. The van der Waals surface area contributed by atoms with Crippen molar-refractivity contribution in [2.24, 2.45) is 0 Å². The third-order valence-corrected chi connectivity index (χ3v) is 0.243. The van der Waals surface area contributed by atoms with Crippen LogP contribution in [-0.4, -0.2) is 62.7 Å². The molecule has 0 unspecified atom stereocenters. The van der Waals surface area contributed by atoms with E-state index in [1.54, 1.807) is 0 Å². The molecule has 6 heteroatoms. The van der Waals surface area contributed by atoms with E-state index in [0.29, 0.717) is 0 Å². The topological polar surface area (TPSA) is 37.3 Å². The van der Waals surface area contributed by atoms with Gasteiger partial charge in [-0.1, -0.05) is 0 Å². The molecule has 0 bridgehead atoms. The van der Waals surface area contributed by atoms with Gasteiger partial charge in [0.15, 0.2) is 0 Å². The smallest absolute Gasteiger partial charge is 0.475 e. The van der Waals surface area contributed by atoms with Crippen LogP contribution >= 0.6 is 0 Å². The summed E-state index contributed by atoms with van der Waals surface area (Å²) in [6, 6.07) is 0. The van der Waals surface area contributed by atoms with E-state index in [4.69, 9.17) is 9.90 Å². The van der Waals surface area contributed by atoms with Crippen LogP contribution in [0.3, 0.4) is 0 Å². The summed E-state index contributed by atoms with van der Waals surface area (Å²) in [5.41, 5.74) is 0. The number of hydrogen-bond donors (Lipinski definition) is 1. The summed E-state index contributed by atoms with van der Waals surface area (Å²) in [5, 5.41) is 7.12. The molecule has 0 aliphatic heterocycles. The van der Waals surface area contributed by atoms with Crippen LogP contribution in [0, 0.1) is 0 Å². The van der Waals surface area contributed by atoms with Crippen molar-refractivity contribution in [3.63, 3.8) is 0 Å². The van der Waals surface area contributed by atoms with Gasteiger partial charge in [0, 0.05) is 45.5 Å². The summed E-state index contributed by atoms with van der Waals surface area (Å²) >= 11 is 0. The number of carboxylic acid groups (broad SMARTS) is 1. The first-order valence-electron chi connectivity index (χ1n) is 1.24. The van der Waals surface area contributed by atoms with Gasteiger partial charge >= 0.3 is 12.1 Å². The molecular formula is C2HF3O2Sr. The standard InChI is InChI=1S/C2HF3O2.Sr/c3-2(4,5)1(6)7;/h(H,6,7);. The summed E-state index contributed by atoms with van der Waals surface area (Å²) in [4.78, 5) is 8.90. The van der Waals surface area contributed by atoms with Crippen molar-refractivity contribution in [1.82, 2.24) is 0 Å². The van der Waals surface area contributed by atoms with Gasteiger partial charge < -0.3 is 5.11 Å². The van der Waals surface area contributed by atoms with Crippen molar-refractivity contribution in [3.8, 4) is 0 Å². The van der Waals surface area contributed by atoms with Crippen molar-refractivity contribution in [2.45, 2.75) is 6.18 Å². The van der Waals surface area contributed by atoms with Crippen molar-refractivity contribution in [2.75, 3.05) is 0 Å². The molecule has 0 fully saturated rings. The minimum absolute atomic E-state index is 0. The van der Waals surface area contributed by atoms with Crippen molar-refractivity contribution < 1.29 is 23.1 Å². The molecule has 0 amide bonds. The quantitative estimate of drug-likeness (QED) is 0.571. The van der Waals surface area contributed by atoms with E-state index in [9.17, 15) is 13.2 Å². The predicted octanol–water partition coefficient (Wildman–Crippen LogP) is 0.253. The molecule has 0 aliphatic carbocycles. The summed E-state index contributed by atoms with van der Waals surface area (Å²) in [6.45, 7) is 0. The molecule has 0 aromatic rings. The van der Waals surface area contributed by atoms with Crippen LogP contribution in [0.2, 0.25) is 0 Å². The average Bonchev–Trinajstić information content (AvgIpc) is 1.31. The van der Waals surface area contributed by atoms with Gasteiger partial charge in [0.1, 0.15) is 0 Å². The average molecular weight is 202 g/mol. The Labute approximate surface area is 79.9 Å². The maximum Gasteiger partial charge on any atom is 0.490 e. The summed E-state index contributed by atoms with van der Waals surface area (Å²) in [6.07, 6.45) is -5.08. The van der Waals surface area contributed by atoms with E-state index >= 15 is 0 Å². The molecule has 0 aliphatic rings. The fourth-order valence-electron chi connectivity index (χ4n) is 0. The van der Waals surface area contributed by atoms with Gasteiger partial charge in [-0.25, -0.2) is 4.79 Å². The van der Waals surface area contributed by atoms with Crippen LogP contribution in [0.1, 0.15) is 0 Å². The minimum Gasteiger partial charge on any atom is -0.475 e. The first-order chi connectivity index (χ1) is 2.94. The number of carbonyl (C=O) groups is 1. The zero-order chi connectivity index (χ0) is 6.08. The maximum atomic E-state index is 10.6. The molecule has 44 valence electrons. The van der Waals surface area contributed by atoms with Gasteiger partial charge in [-0.15, -0.1) is 0 Å². The SMILES string of the molecule is O=C(O)C(F)(F)F.[Sr]. The normalized spacial score (nSPS) is 9.88. The summed E-state index contributed by atoms with van der Waals surface area (Å²) in [5.74, 6) is -2.76. The maximum absolute atomic E-state index is 10.6. The van der Waals surface area contributed by atoms with Gasteiger partial charge in [-0.3, -0.25) is 0 Å². The van der Waals surface area contributed by atoms with Crippen molar-refractivity contribution in [3.05, 3.63) is 0 Å². The Bertz CT molecular complexity index is 87.8. The molecule has 0 rings (SSSR count). The first-order valence-corrected chi connectivity index (χ1v) is 1.24. The molecule has 2 nitrogen and oxygen atoms in total. The third kappa shape index (κ3) is 4.89. The largest absolute Gasteiger partial charge is 0.490 e. The minimum atomic E-state index is -5.08. The van der Waals surface area contributed by atoms with Crippen LogP contribution < -0.4 is 0 Å². The van der Waals surface area contributed by atoms with E-state index in [-0.39, 0.29) is 45.5 Å². The zero-order valence-corrected chi connectivity index (χ0v) is 7.17. The Morgan fingerprint density at radius 3 is 1.50 bits per heavy atom. The number of carboxylic acids is 1. The second kappa shape index (κ2) is 3.71. The number of rotatable bonds is 0. The fourth-order valence-corrected chi connectivity index (χ4v) is 0. The fraction of sp³-hybridized carbons (Fsp3) is 0.500. The molecule has 0 heterocycles. The number of hydrogen-bond acceptors (Lipinski definition) is 1. The molecule has 0 saturated heterocycles. The molecule has 0 aromatic heterocycles. The van der Waals surface area contributed by atoms with E-state index in [2.05, 4.69) is 0 Å². The molecule has 0 aromatic carbocycles. The molecule has 8 heavy (non-hydrogen) atoms. The van der Waals surface area contributed by atoms with E-state index in [0.717, 1.165) is 0 Å². The van der Waals surface area contributed by atoms with Crippen molar-refractivity contribution >= 4 is 51.5 Å². The Morgan fingerprint density at radius 1 is 1.38 bits per heavy atom. The van der Waals surface area contributed by atoms with E-state index in [1.807, 2.05) is 0 Å². The second-order valence-electron chi connectivity index (χ2n) is 0.803. The van der Waals surface area contributed by atoms with Gasteiger partial charge in [-0.05, 0) is 0 Å². The van der Waals surface area contributed by atoms with Gasteiger partial charge in [0.2, 0.25) is 0 Å². The number of aliphatic carboxylic acids is 1. The van der Waals surface area contributed by atoms with Crippen LogP contribution in [0.4, 0.5) is 13.2 Å². The van der Waals surface area contributed by atoms with E-state index in [1.165, 1.54) is 0 Å². The number of alkyl halides is 3. The third-order valence-electron chi connectivity index (χ3n) is 0.243. The van der Waals surface area contributed by atoms with Crippen LogP contribution in [-0.2, 0) is 4.79 Å².